The third kappa shape index (κ3) is 61.8. The van der Waals surface area contributed by atoms with Crippen molar-refractivity contribution in [2.75, 3.05) is 0 Å². The van der Waals surface area contributed by atoms with Gasteiger partial charge in [-0.05, 0) is 0 Å². The van der Waals surface area contributed by atoms with Crippen molar-refractivity contribution in [2.24, 2.45) is 0 Å². The molecule has 11 heteroatoms. The largest absolute Gasteiger partial charge is 0.486 e. The van der Waals surface area contributed by atoms with Gasteiger partial charge in [-0.25, -0.2) is 9.13 Å². The van der Waals surface area contributed by atoms with Crippen LogP contribution in [0.5, 0.6) is 0 Å². The summed E-state index contributed by atoms with van der Waals surface area (Å²) in [5.74, 6) is 0. The van der Waals surface area contributed by atoms with Gasteiger partial charge < -0.3 is 24.5 Å². The minimum atomic E-state index is -4.64. The third-order valence-corrected chi connectivity index (χ3v) is 0.809. The fourth-order valence-electron chi connectivity index (χ4n) is 0. The molecule has 11 heavy (non-hydrogen) atoms. The summed E-state index contributed by atoms with van der Waals surface area (Å²) in [7, 11) is -9.02. The topological polar surface area (TPSA) is 145 Å². The maximum atomic E-state index is 9.34. The Morgan fingerprint density at radius 3 is 1.09 bits per heavy atom. The summed E-state index contributed by atoms with van der Waals surface area (Å²) < 4.78 is 21.3. The Balaban J connectivity index is 0. The highest BCUT2D eigenvalue weighted by atomic mass is 35.5. The summed E-state index contributed by atoms with van der Waals surface area (Å²) in [5.41, 5.74) is 0. The number of halogens is 1. The van der Waals surface area contributed by atoms with Crippen LogP contribution in [0.1, 0.15) is 0 Å². The SMILES string of the molecule is O=P(O)(O)O.O=P(O)(O)OCl. The Kier molecular flexibility index (Phi) is 6.66. The van der Waals surface area contributed by atoms with Crippen LogP contribution in [0.3, 0.4) is 0 Å². The van der Waals surface area contributed by atoms with Crippen LogP contribution in [-0.2, 0) is 13.2 Å². The molecule has 0 amide bonds. The predicted molar refractivity (Wildman–Crippen MR) is 33.2 cm³/mol. The van der Waals surface area contributed by atoms with Crippen molar-refractivity contribution in [2.45, 2.75) is 0 Å². The van der Waals surface area contributed by atoms with Gasteiger partial charge in [-0.3, -0.25) is 0 Å². The smallest absolute Gasteiger partial charge is 0.303 e. The zero-order chi connectivity index (χ0) is 9.71. The lowest BCUT2D eigenvalue weighted by Crippen LogP contribution is -1.70. The Bertz CT molecular complexity index is 164. The van der Waals surface area contributed by atoms with Crippen LogP contribution in [-0.4, -0.2) is 24.5 Å². The summed E-state index contributed by atoms with van der Waals surface area (Å²) in [6.07, 6.45) is 0. The van der Waals surface area contributed by atoms with Gasteiger partial charge in [0.2, 0.25) is 0 Å². The highest BCUT2D eigenvalue weighted by Gasteiger charge is 2.10. The Hall–Kier alpha value is 0.510. The van der Waals surface area contributed by atoms with Crippen molar-refractivity contribution >= 4 is 27.5 Å². The van der Waals surface area contributed by atoms with E-state index in [1.165, 1.54) is 0 Å². The van der Waals surface area contributed by atoms with Crippen LogP contribution in [0, 0.1) is 0 Å². The average Bonchev–Trinajstić information content (AvgIpc) is 1.59. The van der Waals surface area contributed by atoms with Gasteiger partial charge in [0.1, 0.15) is 0 Å². The van der Waals surface area contributed by atoms with E-state index in [1.54, 1.807) is 0 Å². The molecule has 0 aromatic heterocycles. The summed E-state index contributed by atoms with van der Waals surface area (Å²) in [5, 5.41) is 0. The molecule has 0 aliphatic rings. The molecule has 0 atom stereocenters. The van der Waals surface area contributed by atoms with E-state index in [4.69, 9.17) is 29.0 Å². The van der Waals surface area contributed by atoms with Crippen molar-refractivity contribution in [3.8, 4) is 0 Å². The molecule has 70 valence electrons. The van der Waals surface area contributed by atoms with Crippen LogP contribution in [0.2, 0.25) is 0 Å². The van der Waals surface area contributed by atoms with Crippen molar-refractivity contribution in [3.63, 3.8) is 0 Å². The van der Waals surface area contributed by atoms with Crippen molar-refractivity contribution in [1.29, 1.82) is 0 Å². The lowest BCUT2D eigenvalue weighted by molar-refractivity contribution is 0.275. The monoisotopic (exact) mass is 230 g/mol. The first-order valence-corrected chi connectivity index (χ1v) is 5.11. The number of rotatable bonds is 1. The van der Waals surface area contributed by atoms with Crippen LogP contribution < -0.4 is 0 Å². The average molecular weight is 230 g/mol. The quantitative estimate of drug-likeness (QED) is 0.373. The van der Waals surface area contributed by atoms with Crippen LogP contribution in [0.25, 0.3) is 0 Å². The first-order valence-electron chi connectivity index (χ1n) is 1.70. The minimum Gasteiger partial charge on any atom is -0.303 e. The second kappa shape index (κ2) is 5.21. The Morgan fingerprint density at radius 2 is 1.09 bits per heavy atom. The van der Waals surface area contributed by atoms with Gasteiger partial charge in [0, 0.05) is 0 Å². The van der Waals surface area contributed by atoms with E-state index in [1.807, 2.05) is 0 Å². The second-order valence-corrected chi connectivity index (χ2v) is 3.63. The first kappa shape index (κ1) is 14.1. The second-order valence-electron chi connectivity index (χ2n) is 1.07. The first-order chi connectivity index (χ1) is 4.56. The number of phosphoric acid groups is 2. The standard InChI is InChI=1S/ClH2O4P.H3O4P/c1-5-6(2,3)4;1-5(2,3)4/h(H2,2,3,4);(H3,1,2,3,4). The molecule has 0 saturated carbocycles. The molecule has 8 nitrogen and oxygen atoms in total. The fraction of sp³-hybridized carbons (Fsp3) is 0. The van der Waals surface area contributed by atoms with E-state index < -0.39 is 15.6 Å². The molecule has 0 fully saturated rings. The van der Waals surface area contributed by atoms with Crippen LogP contribution >= 0.6 is 27.5 Å². The van der Waals surface area contributed by atoms with Crippen molar-refractivity contribution in [1.82, 2.24) is 0 Å². The van der Waals surface area contributed by atoms with E-state index >= 15 is 0 Å². The lowest BCUT2D eigenvalue weighted by atomic mass is 15.8. The predicted octanol–water partition coefficient (Wildman–Crippen LogP) is -0.679. The molecule has 0 heterocycles. The van der Waals surface area contributed by atoms with E-state index in [-0.39, 0.29) is 0 Å². The molecule has 0 aromatic rings. The molecule has 0 saturated heterocycles. The van der Waals surface area contributed by atoms with Crippen molar-refractivity contribution < 1.29 is 37.7 Å². The van der Waals surface area contributed by atoms with E-state index in [9.17, 15) is 4.57 Å². The van der Waals surface area contributed by atoms with Gasteiger partial charge in [-0.1, -0.05) is 0 Å². The molecule has 0 aliphatic heterocycles. The molecule has 0 bridgehead atoms. The minimum absolute atomic E-state index is 3.08. The van der Waals surface area contributed by atoms with Gasteiger partial charge in [-0.2, -0.15) is 4.08 Å². The molecule has 0 spiro atoms. The summed E-state index contributed by atoms with van der Waals surface area (Å²) in [6, 6.07) is 0. The van der Waals surface area contributed by atoms with Gasteiger partial charge in [-0.15, -0.1) is 0 Å². The Morgan fingerprint density at radius 1 is 1.00 bits per heavy atom. The zero-order valence-electron chi connectivity index (χ0n) is 4.73. The summed E-state index contributed by atoms with van der Waals surface area (Å²) in [6.45, 7) is 0. The van der Waals surface area contributed by atoms with E-state index in [0.717, 1.165) is 0 Å². The number of hydrogen-bond acceptors (Lipinski definition) is 3. The van der Waals surface area contributed by atoms with Crippen LogP contribution in [0.15, 0.2) is 0 Å². The highest BCUT2D eigenvalue weighted by molar-refractivity contribution is 7.47. The maximum absolute atomic E-state index is 9.34. The molecule has 5 N–H and O–H groups in total. The van der Waals surface area contributed by atoms with Gasteiger partial charge in [0.05, 0.1) is 11.9 Å². The normalized spacial score (nSPS) is 11.8. The highest BCUT2D eigenvalue weighted by Crippen LogP contribution is 2.36. The van der Waals surface area contributed by atoms with Crippen LogP contribution in [0.4, 0.5) is 0 Å². The Labute approximate surface area is 66.0 Å². The van der Waals surface area contributed by atoms with E-state index in [2.05, 4.69) is 15.9 Å². The van der Waals surface area contributed by atoms with Gasteiger partial charge >= 0.3 is 15.6 Å². The molecular weight excluding hydrogens is 225 g/mol. The van der Waals surface area contributed by atoms with E-state index in [0.29, 0.717) is 0 Å². The summed E-state index contributed by atoms with van der Waals surface area (Å²) in [4.78, 5) is 36.7. The third-order valence-electron chi connectivity index (χ3n) is 0.0899. The summed E-state index contributed by atoms with van der Waals surface area (Å²) >= 11 is 4.21. The maximum Gasteiger partial charge on any atom is 0.486 e. The molecule has 0 aliphatic carbocycles. The van der Waals surface area contributed by atoms with Gasteiger partial charge in [0.25, 0.3) is 0 Å². The molecule has 0 unspecified atom stereocenters. The molecule has 0 radical (unpaired) electrons. The van der Waals surface area contributed by atoms with Crippen molar-refractivity contribution in [3.05, 3.63) is 0 Å². The molecule has 0 rings (SSSR count). The number of hydrogen-bond donors (Lipinski definition) is 5. The van der Waals surface area contributed by atoms with Gasteiger partial charge in [0.15, 0.2) is 0 Å². The molecule has 0 aromatic carbocycles. The zero-order valence-corrected chi connectivity index (χ0v) is 7.28. The molecular formula is H5ClO8P2. The lowest BCUT2D eigenvalue weighted by Gasteiger charge is -1.89. The fourth-order valence-corrected chi connectivity index (χ4v) is 0.